The monoisotopic (exact) mass is 156 g/mol. The maximum absolute atomic E-state index is 12.3. The normalized spacial score (nSPS) is 8.90. The van der Waals surface area contributed by atoms with E-state index in [9.17, 15) is 4.39 Å². The van der Waals surface area contributed by atoms with Gasteiger partial charge in [-0.3, -0.25) is 0 Å². The zero-order valence-electron chi connectivity index (χ0n) is 4.81. The quantitative estimate of drug-likeness (QED) is 0.574. The Morgan fingerprint density at radius 1 is 1.70 bits per heavy atom. The van der Waals surface area contributed by atoms with Gasteiger partial charge in [-0.2, -0.15) is 5.26 Å². The van der Waals surface area contributed by atoms with Crippen LogP contribution in [0.1, 0.15) is 5.69 Å². The maximum atomic E-state index is 12.3. The molecule has 0 aliphatic heterocycles. The standard InChI is InChI=1S/C6H2ClFN2/c7-5-1-4(2-9)10-3-6(5)8/h1,3H. The molecule has 1 aromatic heterocycles. The van der Waals surface area contributed by atoms with E-state index in [1.165, 1.54) is 6.07 Å². The molecule has 0 aliphatic carbocycles. The molecule has 0 bridgehead atoms. The van der Waals surface area contributed by atoms with Crippen molar-refractivity contribution in [2.24, 2.45) is 0 Å². The fourth-order valence-electron chi connectivity index (χ4n) is 0.475. The molecule has 0 N–H and O–H groups in total. The zero-order valence-corrected chi connectivity index (χ0v) is 5.56. The minimum atomic E-state index is -0.610. The molecule has 0 saturated heterocycles. The highest BCUT2D eigenvalue weighted by atomic mass is 35.5. The Morgan fingerprint density at radius 2 is 2.40 bits per heavy atom. The van der Waals surface area contributed by atoms with Crippen LogP contribution in [0.4, 0.5) is 4.39 Å². The number of nitriles is 1. The van der Waals surface area contributed by atoms with Gasteiger partial charge in [0.1, 0.15) is 11.8 Å². The third kappa shape index (κ3) is 1.23. The van der Waals surface area contributed by atoms with Crippen LogP contribution in [0.3, 0.4) is 0 Å². The molecular formula is C6H2ClFN2. The van der Waals surface area contributed by atoms with E-state index in [1.807, 2.05) is 0 Å². The van der Waals surface area contributed by atoms with Crippen molar-refractivity contribution < 1.29 is 4.39 Å². The molecule has 0 aromatic carbocycles. The minimum Gasteiger partial charge on any atom is -0.242 e. The maximum Gasteiger partial charge on any atom is 0.160 e. The van der Waals surface area contributed by atoms with Crippen molar-refractivity contribution in [3.63, 3.8) is 0 Å². The van der Waals surface area contributed by atoms with Gasteiger partial charge in [-0.25, -0.2) is 9.37 Å². The van der Waals surface area contributed by atoms with Crippen LogP contribution in [0.2, 0.25) is 5.02 Å². The van der Waals surface area contributed by atoms with Crippen LogP contribution in [0.15, 0.2) is 12.3 Å². The molecule has 0 unspecified atom stereocenters. The molecule has 0 fully saturated rings. The van der Waals surface area contributed by atoms with Gasteiger partial charge in [0.05, 0.1) is 11.2 Å². The molecule has 2 nitrogen and oxygen atoms in total. The Bertz CT molecular complexity index is 292. The lowest BCUT2D eigenvalue weighted by Gasteiger charge is -1.90. The molecule has 50 valence electrons. The number of rotatable bonds is 0. The molecule has 0 spiro atoms. The van der Waals surface area contributed by atoms with Gasteiger partial charge in [0.2, 0.25) is 0 Å². The average molecular weight is 157 g/mol. The summed E-state index contributed by atoms with van der Waals surface area (Å²) in [5, 5.41) is 8.18. The van der Waals surface area contributed by atoms with E-state index in [-0.39, 0.29) is 10.7 Å². The fourth-order valence-corrected chi connectivity index (χ4v) is 0.627. The van der Waals surface area contributed by atoms with E-state index >= 15 is 0 Å². The summed E-state index contributed by atoms with van der Waals surface area (Å²) in [5.41, 5.74) is 0.117. The van der Waals surface area contributed by atoms with Crippen LogP contribution in [0, 0.1) is 17.1 Å². The number of pyridine rings is 1. The first-order valence-corrected chi connectivity index (χ1v) is 2.83. The van der Waals surface area contributed by atoms with Crippen molar-refractivity contribution >= 4 is 11.6 Å². The van der Waals surface area contributed by atoms with Crippen molar-refractivity contribution in [2.75, 3.05) is 0 Å². The predicted octanol–water partition coefficient (Wildman–Crippen LogP) is 1.75. The molecule has 1 rings (SSSR count). The van der Waals surface area contributed by atoms with Crippen LogP contribution < -0.4 is 0 Å². The highest BCUT2D eigenvalue weighted by Gasteiger charge is 1.99. The largest absolute Gasteiger partial charge is 0.242 e. The Kier molecular flexibility index (Phi) is 1.83. The molecule has 4 heteroatoms. The second kappa shape index (κ2) is 2.63. The molecule has 0 radical (unpaired) electrons. The highest BCUT2D eigenvalue weighted by Crippen LogP contribution is 2.12. The fraction of sp³-hybridized carbons (Fsp3) is 0. The number of hydrogen-bond donors (Lipinski definition) is 0. The molecule has 1 aromatic rings. The van der Waals surface area contributed by atoms with E-state index in [4.69, 9.17) is 16.9 Å². The molecule has 0 aliphatic rings. The molecular weight excluding hydrogens is 155 g/mol. The summed E-state index contributed by atoms with van der Waals surface area (Å²) in [6.07, 6.45) is 0.918. The third-order valence-electron chi connectivity index (χ3n) is 0.923. The minimum absolute atomic E-state index is 0.0773. The molecule has 0 amide bonds. The lowest BCUT2D eigenvalue weighted by Crippen LogP contribution is -1.84. The lowest BCUT2D eigenvalue weighted by atomic mass is 10.4. The number of hydrogen-bond acceptors (Lipinski definition) is 2. The van der Waals surface area contributed by atoms with Gasteiger partial charge in [0.25, 0.3) is 0 Å². The van der Waals surface area contributed by atoms with Gasteiger partial charge in [-0.1, -0.05) is 11.6 Å². The van der Waals surface area contributed by atoms with E-state index in [0.717, 1.165) is 6.20 Å². The first kappa shape index (κ1) is 6.97. The first-order chi connectivity index (χ1) is 4.74. The Hall–Kier alpha value is -1.14. The van der Waals surface area contributed by atoms with Gasteiger partial charge in [-0.15, -0.1) is 0 Å². The van der Waals surface area contributed by atoms with Gasteiger partial charge in [0.15, 0.2) is 5.82 Å². The molecule has 0 saturated carbocycles. The average Bonchev–Trinajstić information content (AvgIpc) is 1.95. The summed E-state index contributed by atoms with van der Waals surface area (Å²) in [4.78, 5) is 3.44. The van der Waals surface area contributed by atoms with E-state index in [0.29, 0.717) is 0 Å². The summed E-state index contributed by atoms with van der Waals surface area (Å²) >= 11 is 5.33. The topological polar surface area (TPSA) is 36.7 Å². The summed E-state index contributed by atoms with van der Waals surface area (Å²) < 4.78 is 12.3. The van der Waals surface area contributed by atoms with Crippen LogP contribution >= 0.6 is 11.6 Å². The highest BCUT2D eigenvalue weighted by molar-refractivity contribution is 6.30. The predicted molar refractivity (Wildman–Crippen MR) is 33.9 cm³/mol. The van der Waals surface area contributed by atoms with Gasteiger partial charge >= 0.3 is 0 Å². The Labute approximate surface area is 61.9 Å². The van der Waals surface area contributed by atoms with Crippen LogP contribution in [0.25, 0.3) is 0 Å². The summed E-state index contributed by atoms with van der Waals surface area (Å²) in [5.74, 6) is -0.610. The summed E-state index contributed by atoms with van der Waals surface area (Å²) in [6.45, 7) is 0. The number of aromatic nitrogens is 1. The van der Waals surface area contributed by atoms with E-state index in [2.05, 4.69) is 4.98 Å². The van der Waals surface area contributed by atoms with Crippen molar-refractivity contribution in [3.8, 4) is 6.07 Å². The van der Waals surface area contributed by atoms with Crippen molar-refractivity contribution in [3.05, 3.63) is 28.8 Å². The van der Waals surface area contributed by atoms with Crippen LogP contribution in [0.5, 0.6) is 0 Å². The summed E-state index contributed by atoms with van der Waals surface area (Å²) in [6, 6.07) is 2.91. The third-order valence-corrected chi connectivity index (χ3v) is 1.21. The Balaban J connectivity index is 3.20. The molecule has 0 atom stereocenters. The number of halogens is 2. The molecule has 10 heavy (non-hydrogen) atoms. The second-order valence-corrected chi connectivity index (χ2v) is 2.00. The van der Waals surface area contributed by atoms with Crippen LogP contribution in [-0.2, 0) is 0 Å². The van der Waals surface area contributed by atoms with Gasteiger partial charge < -0.3 is 0 Å². The molecule has 1 heterocycles. The zero-order chi connectivity index (χ0) is 7.56. The second-order valence-electron chi connectivity index (χ2n) is 1.60. The van der Waals surface area contributed by atoms with E-state index in [1.54, 1.807) is 6.07 Å². The van der Waals surface area contributed by atoms with Crippen molar-refractivity contribution in [1.29, 1.82) is 5.26 Å². The number of nitrogens with zero attached hydrogens (tertiary/aromatic N) is 2. The Morgan fingerprint density at radius 3 is 2.90 bits per heavy atom. The van der Waals surface area contributed by atoms with Crippen molar-refractivity contribution in [1.82, 2.24) is 4.98 Å². The first-order valence-electron chi connectivity index (χ1n) is 2.45. The SMILES string of the molecule is N#Cc1cc(Cl)c(F)cn1. The smallest absolute Gasteiger partial charge is 0.160 e. The van der Waals surface area contributed by atoms with Crippen LogP contribution in [-0.4, -0.2) is 4.98 Å². The van der Waals surface area contributed by atoms with E-state index < -0.39 is 5.82 Å². The lowest BCUT2D eigenvalue weighted by molar-refractivity contribution is 0.621. The van der Waals surface area contributed by atoms with Gasteiger partial charge in [0, 0.05) is 0 Å². The summed E-state index contributed by atoms with van der Waals surface area (Å²) in [7, 11) is 0. The van der Waals surface area contributed by atoms with Gasteiger partial charge in [-0.05, 0) is 6.07 Å². The van der Waals surface area contributed by atoms with Crippen molar-refractivity contribution in [2.45, 2.75) is 0 Å².